The van der Waals surface area contributed by atoms with E-state index in [4.69, 9.17) is 14.6 Å². The molecule has 0 aromatic heterocycles. The first-order chi connectivity index (χ1) is 7.07. The second-order valence-corrected chi connectivity index (χ2v) is 2.96. The average molecular weight is 216 g/mol. The molecule has 15 heavy (non-hydrogen) atoms. The molecule has 0 radical (unpaired) electrons. The van der Waals surface area contributed by atoms with Gasteiger partial charge < -0.3 is 14.6 Å². The topological polar surface area (TPSA) is 72.8 Å². The van der Waals surface area contributed by atoms with E-state index in [1.807, 2.05) is 0 Å². The van der Waals surface area contributed by atoms with Gasteiger partial charge in [0.05, 0.1) is 0 Å². The molecular weight excluding hydrogens is 200 g/mol. The van der Waals surface area contributed by atoms with Crippen LogP contribution in [0.25, 0.3) is 0 Å². The zero-order valence-electron chi connectivity index (χ0n) is 8.82. The van der Waals surface area contributed by atoms with Gasteiger partial charge in [0.15, 0.2) is 0 Å². The van der Waals surface area contributed by atoms with E-state index in [2.05, 4.69) is 6.58 Å². The normalized spacial score (nSPS) is 9.47. The summed E-state index contributed by atoms with van der Waals surface area (Å²) in [5.74, 6) is -0.906. The highest BCUT2D eigenvalue weighted by molar-refractivity contribution is 5.86. The van der Waals surface area contributed by atoms with E-state index in [1.54, 1.807) is 0 Å². The van der Waals surface area contributed by atoms with Crippen LogP contribution in [0.2, 0.25) is 0 Å². The van der Waals surface area contributed by atoms with Crippen LogP contribution in [-0.4, -0.2) is 36.9 Å². The van der Waals surface area contributed by atoms with Gasteiger partial charge in [-0.3, -0.25) is 4.79 Å². The van der Waals surface area contributed by atoms with Crippen molar-refractivity contribution in [3.8, 4) is 0 Å². The number of aliphatic hydroxyl groups is 1. The highest BCUT2D eigenvalue weighted by atomic mass is 16.6. The Morgan fingerprint density at radius 1 is 1.27 bits per heavy atom. The summed E-state index contributed by atoms with van der Waals surface area (Å²) in [6, 6.07) is 0. The Hall–Kier alpha value is -1.36. The second-order valence-electron chi connectivity index (χ2n) is 2.96. The number of hydrogen-bond donors (Lipinski definition) is 1. The summed E-state index contributed by atoms with van der Waals surface area (Å²) in [6.45, 7) is 4.95. The molecule has 0 heterocycles. The molecule has 86 valence electrons. The lowest BCUT2D eigenvalue weighted by molar-refractivity contribution is -0.150. The maximum atomic E-state index is 10.9. The van der Waals surface area contributed by atoms with Gasteiger partial charge in [-0.2, -0.15) is 0 Å². The van der Waals surface area contributed by atoms with E-state index in [9.17, 15) is 9.59 Å². The first-order valence-electron chi connectivity index (χ1n) is 4.67. The van der Waals surface area contributed by atoms with E-state index in [-0.39, 0.29) is 26.2 Å². The third kappa shape index (κ3) is 7.69. The maximum absolute atomic E-state index is 10.9. The van der Waals surface area contributed by atoms with Crippen molar-refractivity contribution < 1.29 is 24.2 Å². The Balaban J connectivity index is 3.42. The van der Waals surface area contributed by atoms with E-state index in [1.165, 1.54) is 6.92 Å². The summed E-state index contributed by atoms with van der Waals surface area (Å²) in [5.41, 5.74) is 0.307. The smallest absolute Gasteiger partial charge is 0.333 e. The first kappa shape index (κ1) is 13.6. The summed E-state index contributed by atoms with van der Waals surface area (Å²) < 4.78 is 9.41. The van der Waals surface area contributed by atoms with Crippen molar-refractivity contribution in [3.05, 3.63) is 12.2 Å². The van der Waals surface area contributed by atoms with Crippen molar-refractivity contribution in [2.24, 2.45) is 0 Å². The minimum absolute atomic E-state index is 0.0244. The lowest BCUT2D eigenvalue weighted by Gasteiger charge is -2.05. The number of ether oxygens (including phenoxy) is 2. The van der Waals surface area contributed by atoms with E-state index in [0.717, 1.165) is 0 Å². The summed E-state index contributed by atoms with van der Waals surface area (Å²) in [6.07, 6.45) is 0.551. The highest BCUT2D eigenvalue weighted by Gasteiger charge is 2.04. The van der Waals surface area contributed by atoms with Gasteiger partial charge in [0.25, 0.3) is 0 Å². The van der Waals surface area contributed by atoms with Crippen LogP contribution >= 0.6 is 0 Å². The Morgan fingerprint density at radius 2 is 1.87 bits per heavy atom. The molecule has 0 fully saturated rings. The fourth-order valence-electron chi connectivity index (χ4n) is 0.709. The van der Waals surface area contributed by atoms with Crippen molar-refractivity contribution in [1.82, 2.24) is 0 Å². The van der Waals surface area contributed by atoms with E-state index in [0.29, 0.717) is 12.0 Å². The van der Waals surface area contributed by atoms with Crippen molar-refractivity contribution in [3.63, 3.8) is 0 Å². The first-order valence-corrected chi connectivity index (χ1v) is 4.67. The Kier molecular flexibility index (Phi) is 7.27. The van der Waals surface area contributed by atoms with Crippen LogP contribution in [0.1, 0.15) is 19.8 Å². The number of carbonyl (C=O) groups is 2. The summed E-state index contributed by atoms with van der Waals surface area (Å²) in [5, 5.41) is 8.43. The zero-order valence-corrected chi connectivity index (χ0v) is 8.82. The Morgan fingerprint density at radius 3 is 2.40 bits per heavy atom. The molecule has 0 saturated carbocycles. The lowest BCUT2D eigenvalue weighted by Crippen LogP contribution is -2.14. The number of carbonyl (C=O) groups excluding carboxylic acids is 2. The molecule has 0 atom stereocenters. The van der Waals surface area contributed by atoms with Crippen LogP contribution in [-0.2, 0) is 19.1 Å². The molecule has 0 aliphatic heterocycles. The average Bonchev–Trinajstić information content (AvgIpc) is 2.20. The van der Waals surface area contributed by atoms with E-state index >= 15 is 0 Å². The van der Waals surface area contributed by atoms with Gasteiger partial charge in [0.2, 0.25) is 0 Å². The predicted molar refractivity (Wildman–Crippen MR) is 53.1 cm³/mol. The van der Waals surface area contributed by atoms with Crippen LogP contribution < -0.4 is 0 Å². The standard InChI is InChI=1S/C10H16O5/c1-8(2)10(13)15-7-6-14-9(12)4-3-5-11/h11H,1,3-7H2,2H3. The van der Waals surface area contributed by atoms with Crippen molar-refractivity contribution in [2.75, 3.05) is 19.8 Å². The van der Waals surface area contributed by atoms with Crippen molar-refractivity contribution in [2.45, 2.75) is 19.8 Å². The third-order valence-corrected chi connectivity index (χ3v) is 1.47. The monoisotopic (exact) mass is 216 g/mol. The van der Waals surface area contributed by atoms with Crippen LogP contribution in [0.4, 0.5) is 0 Å². The maximum Gasteiger partial charge on any atom is 0.333 e. The molecule has 0 spiro atoms. The summed E-state index contributed by atoms with van der Waals surface area (Å²) >= 11 is 0. The van der Waals surface area contributed by atoms with Crippen LogP contribution in [0.3, 0.4) is 0 Å². The fraction of sp³-hybridized carbons (Fsp3) is 0.600. The minimum atomic E-state index is -0.499. The van der Waals surface area contributed by atoms with Crippen molar-refractivity contribution in [1.29, 1.82) is 0 Å². The van der Waals surface area contributed by atoms with Crippen molar-refractivity contribution >= 4 is 11.9 Å². The predicted octanol–water partition coefficient (Wildman–Crippen LogP) is 0.421. The number of aliphatic hydroxyl groups excluding tert-OH is 1. The number of hydrogen-bond acceptors (Lipinski definition) is 5. The van der Waals surface area contributed by atoms with Gasteiger partial charge in [-0.15, -0.1) is 0 Å². The number of esters is 2. The lowest BCUT2D eigenvalue weighted by atomic mass is 10.3. The quantitative estimate of drug-likeness (QED) is 0.379. The molecule has 0 aromatic carbocycles. The van der Waals surface area contributed by atoms with Crippen LogP contribution in [0, 0.1) is 0 Å². The third-order valence-electron chi connectivity index (χ3n) is 1.47. The van der Waals surface area contributed by atoms with Gasteiger partial charge in [0, 0.05) is 18.6 Å². The molecule has 0 aromatic rings. The molecule has 0 unspecified atom stereocenters. The van der Waals surface area contributed by atoms with Gasteiger partial charge in [-0.1, -0.05) is 6.58 Å². The van der Waals surface area contributed by atoms with Gasteiger partial charge in [-0.25, -0.2) is 4.79 Å². The second kappa shape index (κ2) is 7.99. The van der Waals surface area contributed by atoms with Gasteiger partial charge >= 0.3 is 11.9 Å². The Bertz CT molecular complexity index is 234. The van der Waals surface area contributed by atoms with Crippen LogP contribution in [0.15, 0.2) is 12.2 Å². The number of rotatable bonds is 7. The highest BCUT2D eigenvalue weighted by Crippen LogP contribution is 1.94. The minimum Gasteiger partial charge on any atom is -0.462 e. The molecule has 0 bridgehead atoms. The Labute approximate surface area is 88.7 Å². The molecule has 0 rings (SSSR count). The van der Waals surface area contributed by atoms with Gasteiger partial charge in [0.1, 0.15) is 13.2 Å². The van der Waals surface area contributed by atoms with Gasteiger partial charge in [-0.05, 0) is 13.3 Å². The molecule has 5 nitrogen and oxygen atoms in total. The molecule has 0 aliphatic carbocycles. The zero-order chi connectivity index (χ0) is 11.7. The SMILES string of the molecule is C=C(C)C(=O)OCCOC(=O)CCCO. The summed E-state index contributed by atoms with van der Waals surface area (Å²) in [4.78, 5) is 21.8. The summed E-state index contributed by atoms with van der Waals surface area (Å²) in [7, 11) is 0. The van der Waals surface area contributed by atoms with E-state index < -0.39 is 11.9 Å². The molecule has 0 saturated heterocycles. The molecule has 0 amide bonds. The molecule has 5 heteroatoms. The fourth-order valence-corrected chi connectivity index (χ4v) is 0.709. The molecule has 0 aliphatic rings. The largest absolute Gasteiger partial charge is 0.462 e. The van der Waals surface area contributed by atoms with Crippen LogP contribution in [0.5, 0.6) is 0 Å². The molecular formula is C10H16O5. The molecule has 1 N–H and O–H groups in total.